The molecule has 0 aliphatic carbocycles. The van der Waals surface area contributed by atoms with Gasteiger partial charge in [0.2, 0.25) is 5.88 Å². The monoisotopic (exact) mass is 300 g/mol. The highest BCUT2D eigenvalue weighted by molar-refractivity contribution is 5.75. The molecule has 1 fully saturated rings. The number of terminal acetylenes is 2. The number of fused-ring (bicyclic) bond motifs is 1. The van der Waals surface area contributed by atoms with Crippen molar-refractivity contribution < 1.29 is 20.1 Å². The van der Waals surface area contributed by atoms with Gasteiger partial charge in [0, 0.05) is 0 Å². The fourth-order valence-electron chi connectivity index (χ4n) is 2.53. The summed E-state index contributed by atoms with van der Waals surface area (Å²) < 4.78 is 7.10. The molecule has 1 aliphatic rings. The third-order valence-electron chi connectivity index (χ3n) is 3.74. The van der Waals surface area contributed by atoms with E-state index in [-0.39, 0.29) is 17.0 Å². The van der Waals surface area contributed by atoms with E-state index in [1.807, 2.05) is 0 Å². The van der Waals surface area contributed by atoms with E-state index in [0.29, 0.717) is 0 Å². The first kappa shape index (κ1) is 14.3. The molecular formula is C14H12N4O4. The Morgan fingerprint density at radius 1 is 1.36 bits per heavy atom. The Morgan fingerprint density at radius 2 is 2.14 bits per heavy atom. The van der Waals surface area contributed by atoms with Gasteiger partial charge in [0.05, 0.1) is 18.9 Å². The largest absolute Gasteiger partial charge is 0.492 e. The van der Waals surface area contributed by atoms with Crippen molar-refractivity contribution in [1.29, 1.82) is 0 Å². The van der Waals surface area contributed by atoms with Crippen LogP contribution in [-0.4, -0.2) is 53.2 Å². The molecule has 1 saturated heterocycles. The maximum Gasteiger partial charge on any atom is 0.242 e. The van der Waals surface area contributed by atoms with Gasteiger partial charge in [-0.25, -0.2) is 9.97 Å². The van der Waals surface area contributed by atoms with E-state index in [9.17, 15) is 15.3 Å². The van der Waals surface area contributed by atoms with Crippen molar-refractivity contribution in [2.24, 2.45) is 5.92 Å². The number of ether oxygens (including phenoxy) is 1. The second-order valence-corrected chi connectivity index (χ2v) is 4.86. The van der Waals surface area contributed by atoms with Crippen LogP contribution in [0.5, 0.6) is 5.88 Å². The molecule has 112 valence electrons. The van der Waals surface area contributed by atoms with E-state index in [1.54, 1.807) is 0 Å². The van der Waals surface area contributed by atoms with Crippen LogP contribution in [0.4, 0.5) is 0 Å². The van der Waals surface area contributed by atoms with Crippen LogP contribution in [0, 0.1) is 30.6 Å². The predicted molar refractivity (Wildman–Crippen MR) is 74.1 cm³/mol. The van der Waals surface area contributed by atoms with Crippen molar-refractivity contribution >= 4 is 11.2 Å². The number of aliphatic hydroxyl groups is 2. The molecule has 0 radical (unpaired) electrons. The summed E-state index contributed by atoms with van der Waals surface area (Å²) in [5, 5.41) is 29.5. The van der Waals surface area contributed by atoms with Crippen LogP contribution in [0.1, 0.15) is 6.23 Å². The van der Waals surface area contributed by atoms with Crippen LogP contribution in [0.25, 0.3) is 11.2 Å². The lowest BCUT2D eigenvalue weighted by molar-refractivity contribution is -0.0894. The molecule has 8 heteroatoms. The van der Waals surface area contributed by atoms with Gasteiger partial charge in [-0.3, -0.25) is 4.57 Å². The zero-order valence-electron chi connectivity index (χ0n) is 11.3. The van der Waals surface area contributed by atoms with Crippen LogP contribution in [0.15, 0.2) is 12.7 Å². The van der Waals surface area contributed by atoms with Crippen molar-refractivity contribution in [3.8, 4) is 30.6 Å². The fourth-order valence-corrected chi connectivity index (χ4v) is 2.53. The number of aromatic nitrogens is 4. The Labute approximate surface area is 125 Å². The van der Waals surface area contributed by atoms with E-state index in [1.165, 1.54) is 10.9 Å². The van der Waals surface area contributed by atoms with Crippen LogP contribution < -0.4 is 0 Å². The molecule has 22 heavy (non-hydrogen) atoms. The SMILES string of the molecule is C#C[C@H]1[C@H](n2cnc3c(O)ncnc32)O[C@](C#C)(CO)[C@H]1O. The van der Waals surface area contributed by atoms with E-state index in [4.69, 9.17) is 17.6 Å². The molecule has 8 nitrogen and oxygen atoms in total. The highest BCUT2D eigenvalue weighted by atomic mass is 16.6. The summed E-state index contributed by atoms with van der Waals surface area (Å²) in [6.45, 7) is -0.591. The molecule has 0 bridgehead atoms. The molecule has 0 unspecified atom stereocenters. The number of hydrogen-bond donors (Lipinski definition) is 3. The Bertz CT molecular complexity index is 805. The van der Waals surface area contributed by atoms with Crippen LogP contribution >= 0.6 is 0 Å². The Kier molecular flexibility index (Phi) is 3.23. The van der Waals surface area contributed by atoms with E-state index < -0.39 is 30.5 Å². The van der Waals surface area contributed by atoms with Gasteiger partial charge < -0.3 is 20.1 Å². The zero-order chi connectivity index (χ0) is 15.9. The minimum Gasteiger partial charge on any atom is -0.492 e. The second-order valence-electron chi connectivity index (χ2n) is 4.86. The molecule has 3 rings (SSSR count). The number of aromatic hydroxyl groups is 1. The van der Waals surface area contributed by atoms with Crippen LogP contribution in [0.3, 0.4) is 0 Å². The van der Waals surface area contributed by atoms with Crippen LogP contribution in [-0.2, 0) is 4.74 Å². The van der Waals surface area contributed by atoms with Gasteiger partial charge >= 0.3 is 0 Å². The van der Waals surface area contributed by atoms with Gasteiger partial charge in [-0.05, 0) is 0 Å². The van der Waals surface area contributed by atoms with Gasteiger partial charge in [-0.2, -0.15) is 4.98 Å². The van der Waals surface area contributed by atoms with Crippen molar-refractivity contribution in [3.63, 3.8) is 0 Å². The van der Waals surface area contributed by atoms with Gasteiger partial charge in [-0.15, -0.1) is 12.8 Å². The summed E-state index contributed by atoms with van der Waals surface area (Å²) in [4.78, 5) is 11.7. The molecule has 2 aromatic rings. The first-order valence-electron chi connectivity index (χ1n) is 6.35. The average molecular weight is 300 g/mol. The lowest BCUT2D eigenvalue weighted by atomic mass is 9.91. The molecule has 3 N–H and O–H groups in total. The van der Waals surface area contributed by atoms with Crippen molar-refractivity contribution in [1.82, 2.24) is 19.5 Å². The van der Waals surface area contributed by atoms with Gasteiger partial charge in [0.25, 0.3) is 0 Å². The molecule has 0 amide bonds. The standard InChI is InChI=1S/C14H12N4O4/c1-3-8-10(20)14(4-2,5-19)22-13(8)18-7-17-9-11(18)15-6-16-12(9)21/h1-2,6-8,10,13,19-20H,5H2,(H,15,16,21)/t8-,10+,13-,14-/m1/s1. The third kappa shape index (κ3) is 1.76. The van der Waals surface area contributed by atoms with Crippen molar-refractivity contribution in [2.75, 3.05) is 6.61 Å². The zero-order valence-corrected chi connectivity index (χ0v) is 11.3. The maximum atomic E-state index is 10.3. The lowest BCUT2D eigenvalue weighted by Gasteiger charge is -2.23. The lowest BCUT2D eigenvalue weighted by Crippen LogP contribution is -2.43. The normalized spacial score (nSPS) is 31.0. The first-order chi connectivity index (χ1) is 10.6. The maximum absolute atomic E-state index is 10.3. The molecule has 0 spiro atoms. The summed E-state index contributed by atoms with van der Waals surface area (Å²) in [7, 11) is 0. The molecule has 2 aromatic heterocycles. The van der Waals surface area contributed by atoms with Gasteiger partial charge in [-0.1, -0.05) is 11.8 Å². The second kappa shape index (κ2) is 4.97. The summed E-state index contributed by atoms with van der Waals surface area (Å²) in [6.07, 6.45) is 11.2. The van der Waals surface area contributed by atoms with Crippen molar-refractivity contribution in [2.45, 2.75) is 17.9 Å². The Morgan fingerprint density at radius 3 is 2.77 bits per heavy atom. The highest BCUT2D eigenvalue weighted by Crippen LogP contribution is 2.42. The van der Waals surface area contributed by atoms with E-state index >= 15 is 0 Å². The number of aliphatic hydroxyl groups excluding tert-OH is 2. The fraction of sp³-hybridized carbons (Fsp3) is 0.357. The van der Waals surface area contributed by atoms with E-state index in [0.717, 1.165) is 6.33 Å². The smallest absolute Gasteiger partial charge is 0.242 e. The van der Waals surface area contributed by atoms with Crippen LogP contribution in [0.2, 0.25) is 0 Å². The average Bonchev–Trinajstić information content (AvgIpc) is 3.07. The third-order valence-corrected chi connectivity index (χ3v) is 3.74. The number of imidazole rings is 1. The number of rotatable bonds is 2. The Balaban J connectivity index is 2.13. The summed E-state index contributed by atoms with van der Waals surface area (Å²) in [5.74, 6) is 3.57. The van der Waals surface area contributed by atoms with Crippen molar-refractivity contribution in [3.05, 3.63) is 12.7 Å². The predicted octanol–water partition coefficient (Wildman–Crippen LogP) is -0.965. The summed E-state index contributed by atoms with van der Waals surface area (Å²) in [6, 6.07) is 0. The Hall–Kier alpha value is -2.65. The van der Waals surface area contributed by atoms with E-state index in [2.05, 4.69) is 26.8 Å². The molecule has 0 aromatic carbocycles. The molecule has 3 heterocycles. The minimum absolute atomic E-state index is 0.165. The minimum atomic E-state index is -1.60. The molecular weight excluding hydrogens is 288 g/mol. The number of hydrogen-bond acceptors (Lipinski definition) is 7. The quantitative estimate of drug-likeness (QED) is 0.612. The first-order valence-corrected chi connectivity index (χ1v) is 6.35. The summed E-state index contributed by atoms with van der Waals surface area (Å²) in [5.41, 5.74) is -1.16. The summed E-state index contributed by atoms with van der Waals surface area (Å²) >= 11 is 0. The molecule has 1 aliphatic heterocycles. The highest BCUT2D eigenvalue weighted by Gasteiger charge is 2.54. The molecule has 0 saturated carbocycles. The number of nitrogens with zero attached hydrogens (tertiary/aromatic N) is 4. The molecule has 4 atom stereocenters. The van der Waals surface area contributed by atoms with Gasteiger partial charge in [0.1, 0.15) is 12.4 Å². The van der Waals surface area contributed by atoms with Gasteiger partial charge in [0.15, 0.2) is 23.0 Å². The topological polar surface area (TPSA) is 114 Å².